The zero-order valence-electron chi connectivity index (χ0n) is 15.9. The summed E-state index contributed by atoms with van der Waals surface area (Å²) in [6.07, 6.45) is 0.614. The van der Waals surface area contributed by atoms with E-state index in [4.69, 9.17) is 33.0 Å². The Balaban J connectivity index is 1.58. The number of nitrogens with zero attached hydrogens (tertiary/aromatic N) is 2. The van der Waals surface area contributed by atoms with Crippen LogP contribution >= 0.6 is 39.1 Å². The Bertz CT molecular complexity index is 1290. The number of fused-ring (bicyclic) bond motifs is 6. The van der Waals surface area contributed by atoms with Crippen molar-refractivity contribution < 1.29 is 9.53 Å². The van der Waals surface area contributed by atoms with Gasteiger partial charge in [-0.3, -0.25) is 4.79 Å². The maximum absolute atomic E-state index is 13.4. The Morgan fingerprint density at radius 3 is 2.61 bits per heavy atom. The molecular formula is C23H14BrCl2N3O2. The van der Waals surface area contributed by atoms with Crippen LogP contribution in [0, 0.1) is 0 Å². The first-order valence-electron chi connectivity index (χ1n) is 9.68. The van der Waals surface area contributed by atoms with E-state index in [1.165, 1.54) is 0 Å². The molecule has 2 atom stereocenters. The fourth-order valence-corrected chi connectivity index (χ4v) is 5.12. The number of ether oxygens (including phenoxy) is 1. The molecule has 1 N–H and O–H groups in total. The predicted octanol–water partition coefficient (Wildman–Crippen LogP) is 6.10. The van der Waals surface area contributed by atoms with E-state index in [-0.39, 0.29) is 11.9 Å². The average molecular weight is 515 g/mol. The number of rotatable bonds is 1. The number of carbonyl (C=O) groups excluding carboxylic acids is 1. The monoisotopic (exact) mass is 513 g/mol. The van der Waals surface area contributed by atoms with Crippen LogP contribution in [0.4, 0.5) is 5.69 Å². The smallest absolute Gasteiger partial charge is 0.306 e. The molecule has 154 valence electrons. The summed E-state index contributed by atoms with van der Waals surface area (Å²) in [5.41, 5.74) is 2.63. The van der Waals surface area contributed by atoms with Crippen LogP contribution in [-0.4, -0.2) is 16.6 Å². The summed E-state index contributed by atoms with van der Waals surface area (Å²) in [7, 11) is 0. The van der Waals surface area contributed by atoms with Crippen molar-refractivity contribution in [3.05, 3.63) is 91.9 Å². The molecule has 5 nitrogen and oxygen atoms in total. The van der Waals surface area contributed by atoms with E-state index in [1.807, 2.05) is 36.4 Å². The van der Waals surface area contributed by atoms with Gasteiger partial charge in [-0.05, 0) is 54.1 Å². The molecule has 0 aromatic heterocycles. The van der Waals surface area contributed by atoms with E-state index < -0.39 is 5.72 Å². The largest absolute Gasteiger partial charge is 0.453 e. The minimum Gasteiger partial charge on any atom is -0.453 e. The Hall–Kier alpha value is -2.54. The van der Waals surface area contributed by atoms with Crippen LogP contribution in [0.3, 0.4) is 0 Å². The molecule has 0 aliphatic carbocycles. The molecule has 2 unspecified atom stereocenters. The van der Waals surface area contributed by atoms with Crippen molar-refractivity contribution in [3.63, 3.8) is 0 Å². The third-order valence-corrected chi connectivity index (χ3v) is 6.90. The van der Waals surface area contributed by atoms with Gasteiger partial charge in [0, 0.05) is 26.5 Å². The predicted molar refractivity (Wildman–Crippen MR) is 124 cm³/mol. The van der Waals surface area contributed by atoms with E-state index in [0.717, 1.165) is 21.3 Å². The molecule has 8 heteroatoms. The van der Waals surface area contributed by atoms with Crippen LogP contribution in [0.15, 0.2) is 70.2 Å². The normalized spacial score (nSPS) is 23.1. The fraction of sp³-hybridized carbons (Fsp3) is 0.130. The number of carbonyl (C=O) groups is 1. The van der Waals surface area contributed by atoms with Gasteiger partial charge in [0.15, 0.2) is 0 Å². The molecule has 3 aliphatic rings. The maximum Gasteiger partial charge on any atom is 0.306 e. The number of halogens is 3. The molecule has 3 aromatic rings. The zero-order valence-corrected chi connectivity index (χ0v) is 19.0. The molecule has 3 heterocycles. The second-order valence-corrected chi connectivity index (χ2v) is 9.48. The number of benzene rings is 3. The van der Waals surface area contributed by atoms with E-state index in [1.54, 1.807) is 29.3 Å². The van der Waals surface area contributed by atoms with Crippen LogP contribution < -0.4 is 10.1 Å². The molecule has 0 fully saturated rings. The number of hydrogen-bond acceptors (Lipinski definition) is 4. The number of hydrogen-bond donors (Lipinski definition) is 1. The van der Waals surface area contributed by atoms with Gasteiger partial charge in [0.05, 0.1) is 23.0 Å². The van der Waals surface area contributed by atoms with Gasteiger partial charge in [0.1, 0.15) is 5.75 Å². The van der Waals surface area contributed by atoms with Crippen molar-refractivity contribution in [2.24, 2.45) is 5.10 Å². The van der Waals surface area contributed by atoms with Crippen molar-refractivity contribution in [1.29, 1.82) is 0 Å². The molecule has 31 heavy (non-hydrogen) atoms. The highest BCUT2D eigenvalue weighted by Crippen LogP contribution is 2.54. The molecule has 3 aromatic carbocycles. The van der Waals surface area contributed by atoms with Crippen molar-refractivity contribution in [2.75, 3.05) is 5.32 Å². The Labute approximate surface area is 196 Å². The van der Waals surface area contributed by atoms with E-state index in [0.29, 0.717) is 33.5 Å². The van der Waals surface area contributed by atoms with Crippen molar-refractivity contribution in [1.82, 2.24) is 5.01 Å². The third-order valence-electron chi connectivity index (χ3n) is 5.90. The molecule has 1 amide bonds. The highest BCUT2D eigenvalue weighted by atomic mass is 79.9. The molecule has 0 bridgehead atoms. The average Bonchev–Trinajstić information content (AvgIpc) is 3.31. The van der Waals surface area contributed by atoms with Crippen molar-refractivity contribution in [2.45, 2.75) is 18.2 Å². The summed E-state index contributed by atoms with van der Waals surface area (Å²) < 4.78 is 7.42. The SMILES string of the molecule is O=C1Nc2ccc(Cl)cc2C12Oc1ccc(Cl)cc1C1CC(c3ccc(Br)cc3)=NN12. The fourth-order valence-electron chi connectivity index (χ4n) is 4.50. The van der Waals surface area contributed by atoms with Gasteiger partial charge < -0.3 is 10.1 Å². The number of anilines is 1. The highest BCUT2D eigenvalue weighted by Gasteiger charge is 2.61. The third kappa shape index (κ3) is 2.75. The lowest BCUT2D eigenvalue weighted by molar-refractivity contribution is -0.161. The molecule has 0 radical (unpaired) electrons. The standard InChI is InChI=1S/C23H14BrCl2N3O2/c24-13-3-1-12(2-4-13)19-11-20-16-9-14(25)6-8-21(16)31-23(29(20)28-19)17-10-15(26)5-7-18(17)27-22(23)30/h1-10,20H,11H2,(H,27,30). The number of nitrogens with one attached hydrogen (secondary N) is 1. The Kier molecular flexibility index (Phi) is 4.16. The van der Waals surface area contributed by atoms with Gasteiger partial charge >= 0.3 is 5.72 Å². The van der Waals surface area contributed by atoms with Gasteiger partial charge in [-0.15, -0.1) is 0 Å². The Morgan fingerprint density at radius 2 is 1.81 bits per heavy atom. The summed E-state index contributed by atoms with van der Waals surface area (Å²) >= 11 is 16.1. The maximum atomic E-state index is 13.4. The van der Waals surface area contributed by atoms with Gasteiger partial charge in [0.25, 0.3) is 5.91 Å². The van der Waals surface area contributed by atoms with Gasteiger partial charge in [-0.25, -0.2) is 5.01 Å². The van der Waals surface area contributed by atoms with Crippen LogP contribution in [0.25, 0.3) is 0 Å². The minimum atomic E-state index is -1.44. The number of hydrazone groups is 1. The molecular weight excluding hydrogens is 501 g/mol. The zero-order chi connectivity index (χ0) is 21.3. The highest BCUT2D eigenvalue weighted by molar-refractivity contribution is 9.10. The quantitative estimate of drug-likeness (QED) is 0.426. The molecule has 1 spiro atoms. The van der Waals surface area contributed by atoms with Gasteiger partial charge in [-0.1, -0.05) is 51.3 Å². The lowest BCUT2D eigenvalue weighted by Crippen LogP contribution is -2.55. The first kappa shape index (κ1) is 19.2. The lowest BCUT2D eigenvalue weighted by atomic mass is 9.92. The van der Waals surface area contributed by atoms with Crippen LogP contribution in [0.1, 0.15) is 29.2 Å². The van der Waals surface area contributed by atoms with E-state index >= 15 is 0 Å². The van der Waals surface area contributed by atoms with Crippen molar-refractivity contribution >= 4 is 56.4 Å². The van der Waals surface area contributed by atoms with Crippen LogP contribution in [0.2, 0.25) is 10.0 Å². The van der Waals surface area contributed by atoms with E-state index in [9.17, 15) is 4.79 Å². The Morgan fingerprint density at radius 1 is 1.06 bits per heavy atom. The van der Waals surface area contributed by atoms with E-state index in [2.05, 4.69) is 21.2 Å². The van der Waals surface area contributed by atoms with Gasteiger partial charge in [-0.2, -0.15) is 5.10 Å². The van der Waals surface area contributed by atoms with Gasteiger partial charge in [0.2, 0.25) is 0 Å². The second kappa shape index (κ2) is 6.73. The molecule has 6 rings (SSSR count). The molecule has 3 aliphatic heterocycles. The summed E-state index contributed by atoms with van der Waals surface area (Å²) in [5.74, 6) is 0.317. The summed E-state index contributed by atoms with van der Waals surface area (Å²) in [6.45, 7) is 0. The number of amides is 1. The topological polar surface area (TPSA) is 53.9 Å². The molecule has 0 saturated carbocycles. The lowest BCUT2D eigenvalue weighted by Gasteiger charge is -2.44. The first-order valence-corrected chi connectivity index (χ1v) is 11.2. The van der Waals surface area contributed by atoms with Crippen LogP contribution in [-0.2, 0) is 10.5 Å². The second-order valence-electron chi connectivity index (χ2n) is 7.69. The summed E-state index contributed by atoms with van der Waals surface area (Å²) in [4.78, 5) is 13.4. The minimum absolute atomic E-state index is 0.211. The summed E-state index contributed by atoms with van der Waals surface area (Å²) in [6, 6.07) is 18.5. The summed E-state index contributed by atoms with van der Waals surface area (Å²) in [5, 5.41) is 10.7. The molecule has 0 saturated heterocycles. The van der Waals surface area contributed by atoms with Crippen LogP contribution in [0.5, 0.6) is 5.75 Å². The first-order chi connectivity index (χ1) is 15.0. The van der Waals surface area contributed by atoms with Crippen molar-refractivity contribution in [3.8, 4) is 5.75 Å².